The number of amides is 2. The zero-order valence-corrected chi connectivity index (χ0v) is 21.9. The van der Waals surface area contributed by atoms with Crippen molar-refractivity contribution >= 4 is 49.1 Å². The van der Waals surface area contributed by atoms with Gasteiger partial charge in [-0.15, -0.1) is 0 Å². The minimum atomic E-state index is -3.85. The first-order chi connectivity index (χ1) is 16.2. The van der Waals surface area contributed by atoms with Gasteiger partial charge in [0.05, 0.1) is 10.8 Å². The highest BCUT2D eigenvalue weighted by Gasteiger charge is 2.36. The van der Waals surface area contributed by atoms with Crippen LogP contribution in [0.5, 0.6) is 0 Å². The summed E-state index contributed by atoms with van der Waals surface area (Å²) in [5, 5.41) is 2.95. The highest BCUT2D eigenvalue weighted by molar-refractivity contribution is 9.10. The Labute approximate surface area is 209 Å². The lowest BCUT2D eigenvalue weighted by molar-refractivity contribution is -0.121. The van der Waals surface area contributed by atoms with E-state index in [1.807, 2.05) is 24.3 Å². The summed E-state index contributed by atoms with van der Waals surface area (Å²) in [6.07, 6.45) is 3.17. The molecular weight excluding hydrogens is 518 g/mol. The molecule has 7 nitrogen and oxygen atoms in total. The van der Waals surface area contributed by atoms with E-state index in [2.05, 4.69) is 28.2 Å². The maximum absolute atomic E-state index is 13.6. The van der Waals surface area contributed by atoms with Gasteiger partial charge in [0.25, 0.3) is 0 Å². The van der Waals surface area contributed by atoms with Crippen LogP contribution < -0.4 is 10.2 Å². The van der Waals surface area contributed by atoms with Crippen LogP contribution in [0, 0.1) is 5.92 Å². The molecule has 4 rings (SSSR count). The first-order valence-corrected chi connectivity index (χ1v) is 14.0. The summed E-state index contributed by atoms with van der Waals surface area (Å²) >= 11 is 3.44. The number of piperidine rings is 1. The Hall–Kier alpha value is -2.23. The average Bonchev–Trinajstić information content (AvgIpc) is 3.25. The van der Waals surface area contributed by atoms with Crippen molar-refractivity contribution in [2.45, 2.75) is 50.8 Å². The minimum absolute atomic E-state index is 0.0220. The number of anilines is 2. The minimum Gasteiger partial charge on any atom is -0.326 e. The Balaban J connectivity index is 1.55. The van der Waals surface area contributed by atoms with Crippen LogP contribution in [0.3, 0.4) is 0 Å². The number of nitrogens with zero attached hydrogens (tertiary/aromatic N) is 2. The Morgan fingerprint density at radius 1 is 1.15 bits per heavy atom. The molecule has 2 heterocycles. The number of hydrogen-bond acceptors (Lipinski definition) is 4. The molecule has 1 saturated heterocycles. The molecule has 1 N–H and O–H groups in total. The number of rotatable bonds is 6. The fourth-order valence-corrected chi connectivity index (χ4v) is 7.26. The molecule has 0 saturated carbocycles. The lowest BCUT2D eigenvalue weighted by Crippen LogP contribution is -2.43. The molecule has 0 unspecified atom stereocenters. The molecule has 2 aromatic carbocycles. The first-order valence-electron chi connectivity index (χ1n) is 11.8. The fourth-order valence-electron chi connectivity index (χ4n) is 4.66. The van der Waals surface area contributed by atoms with Crippen molar-refractivity contribution in [3.8, 4) is 0 Å². The van der Waals surface area contributed by atoms with Gasteiger partial charge in [-0.3, -0.25) is 9.59 Å². The van der Waals surface area contributed by atoms with Crippen LogP contribution in [-0.2, 0) is 32.5 Å². The lowest BCUT2D eigenvalue weighted by Gasteiger charge is -2.31. The number of benzene rings is 2. The molecule has 2 aliphatic heterocycles. The zero-order chi connectivity index (χ0) is 24.5. The van der Waals surface area contributed by atoms with Crippen LogP contribution in [0.15, 0.2) is 45.8 Å². The van der Waals surface area contributed by atoms with E-state index in [1.165, 1.54) is 4.31 Å². The van der Waals surface area contributed by atoms with Gasteiger partial charge in [0.1, 0.15) is 0 Å². The highest BCUT2D eigenvalue weighted by atomic mass is 79.9. The molecule has 1 atom stereocenters. The molecule has 9 heteroatoms. The molecular formula is C25H30BrN3O4S. The van der Waals surface area contributed by atoms with E-state index >= 15 is 0 Å². The van der Waals surface area contributed by atoms with Gasteiger partial charge >= 0.3 is 0 Å². The van der Waals surface area contributed by atoms with Gasteiger partial charge in [0, 0.05) is 41.9 Å². The summed E-state index contributed by atoms with van der Waals surface area (Å²) < 4.78 is 29.1. The zero-order valence-electron chi connectivity index (χ0n) is 19.5. The molecule has 0 aromatic heterocycles. The molecule has 2 aliphatic rings. The fraction of sp³-hybridized carbons (Fsp3) is 0.440. The summed E-state index contributed by atoms with van der Waals surface area (Å²) in [6, 6.07) is 11.1. The van der Waals surface area contributed by atoms with Crippen LogP contribution in [0.25, 0.3) is 0 Å². The van der Waals surface area contributed by atoms with Crippen molar-refractivity contribution in [3.63, 3.8) is 0 Å². The number of fused-ring (bicyclic) bond motifs is 1. The number of aryl methyl sites for hydroxylation is 1. The van der Waals surface area contributed by atoms with Crippen LogP contribution in [0.1, 0.15) is 44.2 Å². The molecule has 0 radical (unpaired) electrons. The third kappa shape index (κ3) is 4.92. The monoisotopic (exact) mass is 547 g/mol. The highest BCUT2D eigenvalue weighted by Crippen LogP contribution is 2.37. The largest absolute Gasteiger partial charge is 0.326 e. The average molecular weight is 549 g/mol. The Morgan fingerprint density at radius 2 is 1.94 bits per heavy atom. The standard InChI is InChI=1S/C25H30BrN3O4S/c1-3-17-7-5-9-20(13-17)27-25(31)19-8-6-11-28(16-19)34(32,33)23-15-22-18(14-21(23)26)10-12-29(22)24(30)4-2/h5,7,9,13-15,19H,3-4,6,8,10-12,16H2,1-2H3,(H,27,31)/t19-/m0/s1. The molecule has 34 heavy (non-hydrogen) atoms. The molecule has 182 valence electrons. The van der Waals surface area contributed by atoms with E-state index in [-0.39, 0.29) is 23.3 Å². The number of hydrogen-bond donors (Lipinski definition) is 1. The van der Waals surface area contributed by atoms with Gasteiger partial charge in [-0.25, -0.2) is 8.42 Å². The SMILES string of the molecule is CCC(=O)N1CCc2cc(Br)c(S(=O)(=O)N3CCC[C@H](C(=O)Nc4cccc(CC)c4)C3)cc21. The van der Waals surface area contributed by atoms with E-state index in [9.17, 15) is 18.0 Å². The van der Waals surface area contributed by atoms with Gasteiger partial charge in [-0.05, 0) is 77.0 Å². The summed E-state index contributed by atoms with van der Waals surface area (Å²) in [4.78, 5) is 27.1. The van der Waals surface area contributed by atoms with Crippen molar-refractivity contribution in [2.75, 3.05) is 29.9 Å². The van der Waals surface area contributed by atoms with Gasteiger partial charge in [-0.1, -0.05) is 26.0 Å². The number of carbonyl (C=O) groups excluding carboxylic acids is 2. The number of carbonyl (C=O) groups is 2. The van der Waals surface area contributed by atoms with Gasteiger partial charge < -0.3 is 10.2 Å². The van der Waals surface area contributed by atoms with Gasteiger partial charge in [0.15, 0.2) is 0 Å². The smallest absolute Gasteiger partial charge is 0.244 e. The summed E-state index contributed by atoms with van der Waals surface area (Å²) in [5.41, 5.74) is 3.47. The van der Waals surface area contributed by atoms with Crippen LogP contribution in [0.2, 0.25) is 0 Å². The van der Waals surface area contributed by atoms with Crippen molar-refractivity contribution < 1.29 is 18.0 Å². The summed E-state index contributed by atoms with van der Waals surface area (Å²) in [5.74, 6) is -0.618. The lowest BCUT2D eigenvalue weighted by atomic mass is 9.98. The van der Waals surface area contributed by atoms with Gasteiger partial charge in [-0.2, -0.15) is 4.31 Å². The second-order valence-corrected chi connectivity index (χ2v) is 11.6. The van der Waals surface area contributed by atoms with Crippen molar-refractivity contribution in [2.24, 2.45) is 5.92 Å². The maximum atomic E-state index is 13.6. The molecule has 0 aliphatic carbocycles. The molecule has 1 fully saturated rings. The third-order valence-electron chi connectivity index (χ3n) is 6.61. The predicted octanol–water partition coefficient (Wildman–Crippen LogP) is 4.35. The third-order valence-corrected chi connectivity index (χ3v) is 9.43. The van der Waals surface area contributed by atoms with E-state index in [0.29, 0.717) is 48.9 Å². The topological polar surface area (TPSA) is 86.8 Å². The molecule has 2 aromatic rings. The van der Waals surface area contributed by atoms with Crippen molar-refractivity contribution in [1.82, 2.24) is 4.31 Å². The van der Waals surface area contributed by atoms with Crippen molar-refractivity contribution in [1.29, 1.82) is 0 Å². The van der Waals surface area contributed by atoms with Crippen LogP contribution in [0.4, 0.5) is 11.4 Å². The van der Waals surface area contributed by atoms with Crippen molar-refractivity contribution in [3.05, 3.63) is 52.0 Å². The van der Waals surface area contributed by atoms with E-state index in [1.54, 1.807) is 24.0 Å². The molecule has 2 amide bonds. The maximum Gasteiger partial charge on any atom is 0.244 e. The van der Waals surface area contributed by atoms with Crippen LogP contribution in [-0.4, -0.2) is 44.2 Å². The first kappa shape index (κ1) is 24.9. The van der Waals surface area contributed by atoms with Gasteiger partial charge in [0.2, 0.25) is 21.8 Å². The number of nitrogens with one attached hydrogen (secondary N) is 1. The Bertz CT molecular complexity index is 1210. The Morgan fingerprint density at radius 3 is 2.68 bits per heavy atom. The van der Waals surface area contributed by atoms with E-state index in [4.69, 9.17) is 0 Å². The quantitative estimate of drug-likeness (QED) is 0.582. The van der Waals surface area contributed by atoms with E-state index in [0.717, 1.165) is 23.2 Å². The normalized spacial score (nSPS) is 18.6. The summed E-state index contributed by atoms with van der Waals surface area (Å²) in [6.45, 7) is 4.90. The second kappa shape index (κ2) is 10.2. The predicted molar refractivity (Wildman–Crippen MR) is 136 cm³/mol. The molecule has 0 spiro atoms. The molecule has 0 bridgehead atoms. The summed E-state index contributed by atoms with van der Waals surface area (Å²) in [7, 11) is -3.85. The van der Waals surface area contributed by atoms with E-state index < -0.39 is 15.9 Å². The van der Waals surface area contributed by atoms with Crippen LogP contribution >= 0.6 is 15.9 Å². The number of halogens is 1. The second-order valence-electron chi connectivity index (χ2n) is 8.81. The number of sulfonamides is 1. The Kier molecular flexibility index (Phi) is 7.45.